The van der Waals surface area contributed by atoms with E-state index in [2.05, 4.69) is 15.3 Å². The Kier molecular flexibility index (Phi) is 7.45. The van der Waals surface area contributed by atoms with Crippen LogP contribution in [-0.4, -0.2) is 54.5 Å². The molecule has 1 heterocycles. The molecule has 0 aromatic carbocycles. The second-order valence-corrected chi connectivity index (χ2v) is 3.83. The summed E-state index contributed by atoms with van der Waals surface area (Å²) in [5.74, 6) is -0.686. The molecule has 0 amide bonds. The van der Waals surface area contributed by atoms with Crippen LogP contribution in [0.3, 0.4) is 0 Å². The highest BCUT2D eigenvalue weighted by Crippen LogP contribution is 2.09. The van der Waals surface area contributed by atoms with Gasteiger partial charge < -0.3 is 19.9 Å². The van der Waals surface area contributed by atoms with Crippen molar-refractivity contribution >= 4 is 11.8 Å². The predicted octanol–water partition coefficient (Wildman–Crippen LogP) is 1.03. The second kappa shape index (κ2) is 9.23. The van der Waals surface area contributed by atoms with Crippen LogP contribution < -0.4 is 5.32 Å². The highest BCUT2D eigenvalue weighted by Gasteiger charge is 2.10. The summed E-state index contributed by atoms with van der Waals surface area (Å²) in [7, 11) is 1.63. The molecule has 0 saturated heterocycles. The van der Waals surface area contributed by atoms with Crippen molar-refractivity contribution in [1.82, 2.24) is 9.97 Å². The van der Waals surface area contributed by atoms with Crippen molar-refractivity contribution in [2.24, 2.45) is 0 Å². The third kappa shape index (κ3) is 6.12. The van der Waals surface area contributed by atoms with Crippen molar-refractivity contribution in [3.05, 3.63) is 18.1 Å². The van der Waals surface area contributed by atoms with Gasteiger partial charge in [0, 0.05) is 26.5 Å². The molecule has 0 aliphatic rings. The molecule has 1 aromatic heterocycles. The first-order valence-corrected chi connectivity index (χ1v) is 6.09. The molecule has 106 valence electrons. The molecule has 0 atom stereocenters. The fraction of sp³-hybridized carbons (Fsp3) is 0.583. The number of methoxy groups -OCH3 is 1. The Hall–Kier alpha value is -1.73. The fourth-order valence-electron chi connectivity index (χ4n) is 1.41. The van der Waals surface area contributed by atoms with Crippen LogP contribution in [0.1, 0.15) is 23.2 Å². The highest BCUT2D eigenvalue weighted by molar-refractivity contribution is 5.92. The number of aromatic nitrogens is 2. The van der Waals surface area contributed by atoms with Gasteiger partial charge >= 0.3 is 5.97 Å². The Balaban J connectivity index is 2.17. The van der Waals surface area contributed by atoms with Gasteiger partial charge in [-0.05, 0) is 12.8 Å². The van der Waals surface area contributed by atoms with Crippen molar-refractivity contribution in [2.45, 2.75) is 12.8 Å². The quantitative estimate of drug-likeness (QED) is 0.613. The Morgan fingerprint density at radius 1 is 1.37 bits per heavy atom. The highest BCUT2D eigenvalue weighted by atomic mass is 16.5. The number of carbonyl (C=O) groups is 1. The molecule has 0 saturated carbocycles. The number of hydrogen-bond acceptors (Lipinski definition) is 6. The average Bonchev–Trinajstić information content (AvgIpc) is 2.42. The molecule has 0 aliphatic carbocycles. The maximum Gasteiger partial charge on any atom is 0.341 e. The lowest BCUT2D eigenvalue weighted by atomic mass is 10.3. The molecule has 0 radical (unpaired) electrons. The number of nitrogens with zero attached hydrogens (tertiary/aromatic N) is 2. The van der Waals surface area contributed by atoms with Gasteiger partial charge in [0.25, 0.3) is 0 Å². The number of carboxylic acid groups (broad SMARTS) is 1. The van der Waals surface area contributed by atoms with Crippen molar-refractivity contribution in [1.29, 1.82) is 0 Å². The fourth-order valence-corrected chi connectivity index (χ4v) is 1.41. The number of unbranched alkanes of at least 4 members (excludes halogenated alkanes) is 1. The molecule has 2 N–H and O–H groups in total. The van der Waals surface area contributed by atoms with Gasteiger partial charge in [-0.1, -0.05) is 0 Å². The van der Waals surface area contributed by atoms with Crippen LogP contribution in [0.15, 0.2) is 12.5 Å². The summed E-state index contributed by atoms with van der Waals surface area (Å²) in [5, 5.41) is 11.9. The lowest BCUT2D eigenvalue weighted by Crippen LogP contribution is -2.11. The number of aromatic carboxylic acids is 1. The summed E-state index contributed by atoms with van der Waals surface area (Å²) in [6, 6.07) is 0. The van der Waals surface area contributed by atoms with Crippen LogP contribution in [0, 0.1) is 0 Å². The SMILES string of the molecule is COCCOCCCCNc1ncncc1C(=O)O. The first-order valence-electron chi connectivity index (χ1n) is 6.09. The topological polar surface area (TPSA) is 93.6 Å². The van der Waals surface area contributed by atoms with E-state index in [4.69, 9.17) is 14.6 Å². The number of carboxylic acids is 1. The molecule has 7 heteroatoms. The molecule has 0 unspecified atom stereocenters. The Morgan fingerprint density at radius 3 is 2.95 bits per heavy atom. The van der Waals surface area contributed by atoms with E-state index in [0.29, 0.717) is 32.2 Å². The van der Waals surface area contributed by atoms with E-state index in [1.807, 2.05) is 0 Å². The predicted molar refractivity (Wildman–Crippen MR) is 69.4 cm³/mol. The number of hydrogen-bond donors (Lipinski definition) is 2. The zero-order chi connectivity index (χ0) is 13.9. The molecule has 7 nitrogen and oxygen atoms in total. The minimum atomic E-state index is -1.04. The van der Waals surface area contributed by atoms with Crippen molar-refractivity contribution in [3.8, 4) is 0 Å². The first-order chi connectivity index (χ1) is 9.25. The second-order valence-electron chi connectivity index (χ2n) is 3.83. The number of anilines is 1. The minimum absolute atomic E-state index is 0.0823. The van der Waals surface area contributed by atoms with E-state index in [9.17, 15) is 4.79 Å². The van der Waals surface area contributed by atoms with Crippen molar-refractivity contribution in [3.63, 3.8) is 0 Å². The summed E-state index contributed by atoms with van der Waals surface area (Å²) < 4.78 is 10.2. The largest absolute Gasteiger partial charge is 0.477 e. The van der Waals surface area contributed by atoms with Crippen molar-refractivity contribution < 1.29 is 19.4 Å². The minimum Gasteiger partial charge on any atom is -0.477 e. The summed E-state index contributed by atoms with van der Waals surface area (Å²) in [6.45, 7) is 2.51. The summed E-state index contributed by atoms with van der Waals surface area (Å²) in [5.41, 5.74) is 0.0823. The molecule has 0 aliphatic heterocycles. The van der Waals surface area contributed by atoms with Crippen LogP contribution in [0.4, 0.5) is 5.82 Å². The molecule has 0 fully saturated rings. The monoisotopic (exact) mass is 269 g/mol. The van der Waals surface area contributed by atoms with Gasteiger partial charge in [-0.25, -0.2) is 14.8 Å². The molecule has 1 rings (SSSR count). The van der Waals surface area contributed by atoms with E-state index >= 15 is 0 Å². The summed E-state index contributed by atoms with van der Waals surface area (Å²) >= 11 is 0. The molecular weight excluding hydrogens is 250 g/mol. The molecule has 0 bridgehead atoms. The number of nitrogens with one attached hydrogen (secondary N) is 1. The van der Waals surface area contributed by atoms with E-state index in [0.717, 1.165) is 12.8 Å². The van der Waals surface area contributed by atoms with E-state index in [1.165, 1.54) is 12.5 Å². The van der Waals surface area contributed by atoms with Gasteiger partial charge in [0.2, 0.25) is 0 Å². The Labute approximate surface area is 112 Å². The zero-order valence-electron chi connectivity index (χ0n) is 11.0. The molecule has 19 heavy (non-hydrogen) atoms. The lowest BCUT2D eigenvalue weighted by Gasteiger charge is -2.07. The van der Waals surface area contributed by atoms with E-state index in [-0.39, 0.29) is 5.56 Å². The van der Waals surface area contributed by atoms with Gasteiger partial charge in [-0.2, -0.15) is 0 Å². The molecule has 1 aromatic rings. The van der Waals surface area contributed by atoms with Crippen LogP contribution in [-0.2, 0) is 9.47 Å². The van der Waals surface area contributed by atoms with Gasteiger partial charge in [0.15, 0.2) is 0 Å². The summed E-state index contributed by atoms with van der Waals surface area (Å²) in [6.07, 6.45) is 4.37. The van der Waals surface area contributed by atoms with E-state index in [1.54, 1.807) is 7.11 Å². The lowest BCUT2D eigenvalue weighted by molar-refractivity contribution is 0.0690. The molecular formula is C12H19N3O4. The third-order valence-corrected chi connectivity index (χ3v) is 2.38. The maximum atomic E-state index is 10.9. The molecule has 0 spiro atoms. The zero-order valence-corrected chi connectivity index (χ0v) is 11.0. The van der Waals surface area contributed by atoms with E-state index < -0.39 is 5.97 Å². The third-order valence-electron chi connectivity index (χ3n) is 2.38. The normalized spacial score (nSPS) is 10.4. The van der Waals surface area contributed by atoms with Crippen LogP contribution in [0.2, 0.25) is 0 Å². The van der Waals surface area contributed by atoms with Gasteiger partial charge in [-0.15, -0.1) is 0 Å². The van der Waals surface area contributed by atoms with Crippen molar-refractivity contribution in [2.75, 3.05) is 38.8 Å². The Bertz CT molecular complexity index is 387. The van der Waals surface area contributed by atoms with Crippen LogP contribution in [0.5, 0.6) is 0 Å². The van der Waals surface area contributed by atoms with Crippen LogP contribution >= 0.6 is 0 Å². The maximum absolute atomic E-state index is 10.9. The average molecular weight is 269 g/mol. The van der Waals surface area contributed by atoms with Gasteiger partial charge in [0.1, 0.15) is 17.7 Å². The van der Waals surface area contributed by atoms with Gasteiger partial charge in [0.05, 0.1) is 13.2 Å². The first kappa shape index (κ1) is 15.3. The smallest absolute Gasteiger partial charge is 0.341 e. The standard InChI is InChI=1S/C12H19N3O4/c1-18-6-7-19-5-3-2-4-14-11-10(12(16)17)8-13-9-15-11/h8-9H,2-7H2,1H3,(H,16,17)(H,13,14,15). The van der Waals surface area contributed by atoms with Crippen LogP contribution in [0.25, 0.3) is 0 Å². The Morgan fingerprint density at radius 2 is 2.21 bits per heavy atom. The van der Waals surface area contributed by atoms with Gasteiger partial charge in [-0.3, -0.25) is 0 Å². The number of ether oxygens (including phenoxy) is 2. The number of rotatable bonds is 10. The summed E-state index contributed by atoms with van der Waals surface area (Å²) in [4.78, 5) is 18.5.